The molecule has 0 saturated carbocycles. The van der Waals surface area contributed by atoms with E-state index in [0.717, 1.165) is 0 Å². The average molecular weight is 85.2 g/mol. The van der Waals surface area contributed by atoms with Crippen LogP contribution in [0.15, 0.2) is 0 Å². The van der Waals surface area contributed by atoms with Crippen LogP contribution in [0.2, 0.25) is 0 Å². The van der Waals surface area contributed by atoms with Crippen LogP contribution in [0, 0.1) is 0 Å². The maximum absolute atomic E-state index is 4.62. The van der Waals surface area contributed by atoms with Gasteiger partial charge in [0.25, 0.3) is 0 Å². The largest absolute Gasteiger partial charge is 0.319 e. The van der Waals surface area contributed by atoms with Gasteiger partial charge in [-0.25, -0.2) is 0 Å². The summed E-state index contributed by atoms with van der Waals surface area (Å²) in [6.45, 7) is 0.250. The molecule has 0 amide bonds. The molecule has 3 heteroatoms. The summed E-state index contributed by atoms with van der Waals surface area (Å²) in [5.41, 5.74) is 9.25. The standard InChI is InChI=1S/CH6N2.K/c2-1-3;/h1-3H2;. The van der Waals surface area contributed by atoms with Crippen LogP contribution in [0.3, 0.4) is 0 Å². The van der Waals surface area contributed by atoms with E-state index >= 15 is 0 Å². The predicted octanol–water partition coefficient (Wildman–Crippen LogP) is -1.52. The fourth-order valence-electron chi connectivity index (χ4n) is 0. The molecule has 0 aliphatic heterocycles. The Bertz CT molecular complexity index is 6.00. The van der Waals surface area contributed by atoms with Crippen LogP contribution in [0.25, 0.3) is 0 Å². The third-order valence-electron chi connectivity index (χ3n) is 0. The van der Waals surface area contributed by atoms with Gasteiger partial charge in [0.05, 0.1) is 0 Å². The summed E-state index contributed by atoms with van der Waals surface area (Å²) in [5, 5.41) is 0. The van der Waals surface area contributed by atoms with Crippen LogP contribution in [-0.2, 0) is 0 Å². The Morgan fingerprint density at radius 3 is 1.25 bits per heavy atom. The van der Waals surface area contributed by atoms with Crippen molar-refractivity contribution >= 4 is 51.4 Å². The van der Waals surface area contributed by atoms with E-state index in [9.17, 15) is 0 Å². The summed E-state index contributed by atoms with van der Waals surface area (Å²) in [6.07, 6.45) is 0. The fraction of sp³-hybridized carbons (Fsp3) is 1.00. The smallest absolute Gasteiger partial charge is 0.0403 e. The van der Waals surface area contributed by atoms with Crippen molar-refractivity contribution in [3.8, 4) is 0 Å². The molecule has 0 aliphatic carbocycles. The van der Waals surface area contributed by atoms with Crippen molar-refractivity contribution < 1.29 is 0 Å². The minimum atomic E-state index is 0. The molecule has 0 aliphatic rings. The van der Waals surface area contributed by atoms with Gasteiger partial charge in [-0.1, -0.05) is 0 Å². The Morgan fingerprint density at radius 2 is 1.25 bits per heavy atom. The zero-order valence-corrected chi connectivity index (χ0v) is 5.98. The second-order valence-corrected chi connectivity index (χ2v) is 0.236. The third kappa shape index (κ3) is 9.59. The summed E-state index contributed by atoms with van der Waals surface area (Å²) in [4.78, 5) is 0. The molecule has 4 N–H and O–H groups in total. The molecule has 2 nitrogen and oxygen atoms in total. The number of nitrogens with two attached hydrogens (primary N) is 2. The van der Waals surface area contributed by atoms with Crippen molar-refractivity contribution in [2.45, 2.75) is 0 Å². The van der Waals surface area contributed by atoms with Gasteiger partial charge < -0.3 is 11.5 Å². The monoisotopic (exact) mass is 85.0 g/mol. The molecular weight excluding hydrogens is 79.1 g/mol. The van der Waals surface area contributed by atoms with E-state index in [4.69, 9.17) is 0 Å². The maximum Gasteiger partial charge on any atom is 0.0403 e. The zero-order valence-electron chi connectivity index (χ0n) is 2.86. The van der Waals surface area contributed by atoms with Crippen LogP contribution in [0.1, 0.15) is 0 Å². The van der Waals surface area contributed by atoms with Gasteiger partial charge in [0.2, 0.25) is 0 Å². The molecule has 0 rings (SSSR count). The van der Waals surface area contributed by atoms with Gasteiger partial charge in [0.1, 0.15) is 0 Å². The molecule has 1 radical (unpaired) electrons. The number of hydrogen-bond donors (Lipinski definition) is 2. The van der Waals surface area contributed by atoms with Crippen molar-refractivity contribution in [1.29, 1.82) is 0 Å². The minimum absolute atomic E-state index is 0. The first-order valence-electron chi connectivity index (χ1n) is 0.816. The van der Waals surface area contributed by atoms with Crippen LogP contribution < -0.4 is 11.5 Å². The van der Waals surface area contributed by atoms with Gasteiger partial charge in [-0.3, -0.25) is 0 Å². The van der Waals surface area contributed by atoms with E-state index in [1.54, 1.807) is 0 Å². The van der Waals surface area contributed by atoms with Gasteiger partial charge in [0, 0.05) is 58.1 Å². The Kier molecular flexibility index (Phi) is 20.1. The fourth-order valence-corrected chi connectivity index (χ4v) is 0. The summed E-state index contributed by atoms with van der Waals surface area (Å²) in [5.74, 6) is 0. The second kappa shape index (κ2) is 8.82. The van der Waals surface area contributed by atoms with E-state index in [-0.39, 0.29) is 58.1 Å². The maximum atomic E-state index is 4.62. The third-order valence-corrected chi connectivity index (χ3v) is 0. The Labute approximate surface area is 68.3 Å². The molecule has 0 heterocycles. The van der Waals surface area contributed by atoms with E-state index in [2.05, 4.69) is 11.5 Å². The molecule has 0 spiro atoms. The van der Waals surface area contributed by atoms with Crippen molar-refractivity contribution in [2.75, 3.05) is 6.67 Å². The zero-order chi connectivity index (χ0) is 2.71. The van der Waals surface area contributed by atoms with Crippen LogP contribution in [0.5, 0.6) is 0 Å². The van der Waals surface area contributed by atoms with Crippen molar-refractivity contribution in [3.63, 3.8) is 0 Å². The first kappa shape index (κ1) is 9.12. The topological polar surface area (TPSA) is 52.0 Å². The summed E-state index contributed by atoms with van der Waals surface area (Å²) in [7, 11) is 0. The summed E-state index contributed by atoms with van der Waals surface area (Å²) < 4.78 is 0. The summed E-state index contributed by atoms with van der Waals surface area (Å²) in [6, 6.07) is 0. The van der Waals surface area contributed by atoms with Crippen LogP contribution in [0.4, 0.5) is 0 Å². The van der Waals surface area contributed by atoms with Gasteiger partial charge in [-0.15, -0.1) is 0 Å². The first-order chi connectivity index (χ1) is 1.41. The molecule has 0 fully saturated rings. The van der Waals surface area contributed by atoms with E-state index in [1.165, 1.54) is 0 Å². The average Bonchev–Trinajstić information content (AvgIpc) is 0.918. The Balaban J connectivity index is 0. The Morgan fingerprint density at radius 1 is 1.25 bits per heavy atom. The quantitative estimate of drug-likeness (QED) is 0.277. The van der Waals surface area contributed by atoms with Crippen molar-refractivity contribution in [3.05, 3.63) is 0 Å². The predicted molar refractivity (Wildman–Crippen MR) is 19.0 cm³/mol. The molecule has 4 heavy (non-hydrogen) atoms. The SMILES string of the molecule is NCN.[K]. The van der Waals surface area contributed by atoms with E-state index < -0.39 is 0 Å². The molecule has 21 valence electrons. The molecule has 0 aromatic carbocycles. The van der Waals surface area contributed by atoms with Crippen LogP contribution >= 0.6 is 0 Å². The van der Waals surface area contributed by atoms with Crippen molar-refractivity contribution in [2.24, 2.45) is 11.5 Å². The van der Waals surface area contributed by atoms with E-state index in [1.807, 2.05) is 0 Å². The Hall–Kier alpha value is 1.56. The van der Waals surface area contributed by atoms with Gasteiger partial charge in [-0.2, -0.15) is 0 Å². The normalized spacial score (nSPS) is 4.50. The molecule has 0 atom stereocenters. The number of rotatable bonds is 0. The number of hydrogen-bond acceptors (Lipinski definition) is 2. The second-order valence-electron chi connectivity index (χ2n) is 0.236. The van der Waals surface area contributed by atoms with E-state index in [0.29, 0.717) is 0 Å². The molecule has 0 aromatic rings. The summed E-state index contributed by atoms with van der Waals surface area (Å²) >= 11 is 0. The van der Waals surface area contributed by atoms with Crippen molar-refractivity contribution in [1.82, 2.24) is 0 Å². The molecule has 0 bridgehead atoms. The van der Waals surface area contributed by atoms with Gasteiger partial charge in [0.15, 0.2) is 0 Å². The first-order valence-corrected chi connectivity index (χ1v) is 0.816. The molecule has 0 aromatic heterocycles. The van der Waals surface area contributed by atoms with Crippen LogP contribution in [-0.4, -0.2) is 58.1 Å². The minimum Gasteiger partial charge on any atom is -0.319 e. The molecule has 0 saturated heterocycles. The molecular formula is CH6KN2. The van der Waals surface area contributed by atoms with Gasteiger partial charge >= 0.3 is 0 Å². The van der Waals surface area contributed by atoms with Gasteiger partial charge in [-0.05, 0) is 0 Å². The molecule has 0 unspecified atom stereocenters.